The van der Waals surface area contributed by atoms with Gasteiger partial charge < -0.3 is 15.4 Å². The van der Waals surface area contributed by atoms with Crippen LogP contribution in [0.4, 0.5) is 4.79 Å². The molecule has 0 spiro atoms. The summed E-state index contributed by atoms with van der Waals surface area (Å²) in [4.78, 5) is 11.7. The molecule has 4 nitrogen and oxygen atoms in total. The highest BCUT2D eigenvalue weighted by Crippen LogP contribution is 2.12. The minimum atomic E-state index is -0.134. The SMILES string of the molecule is COc1cccc(CCNC(=O)NCCc2ccc(Br)cc2)c1. The number of ether oxygens (including phenoxy) is 1. The molecule has 0 saturated carbocycles. The molecule has 2 aromatic rings. The summed E-state index contributed by atoms with van der Waals surface area (Å²) in [7, 11) is 1.65. The third-order valence-corrected chi connectivity index (χ3v) is 3.97. The Morgan fingerprint density at radius 1 is 1.00 bits per heavy atom. The average Bonchev–Trinajstić information content (AvgIpc) is 2.57. The highest BCUT2D eigenvalue weighted by Gasteiger charge is 2.01. The van der Waals surface area contributed by atoms with Crippen LogP contribution in [-0.4, -0.2) is 26.2 Å². The molecule has 0 fully saturated rings. The standard InChI is InChI=1S/C18H21BrN2O2/c1-23-17-4-2-3-15(13-17)10-12-21-18(22)20-11-9-14-5-7-16(19)8-6-14/h2-8,13H,9-12H2,1H3,(H2,20,21,22). The Morgan fingerprint density at radius 2 is 1.65 bits per heavy atom. The first-order valence-corrected chi connectivity index (χ1v) is 8.36. The second-order valence-electron chi connectivity index (χ2n) is 5.16. The van der Waals surface area contributed by atoms with E-state index in [1.807, 2.05) is 48.5 Å². The first-order chi connectivity index (χ1) is 11.2. The molecule has 2 aromatic carbocycles. The van der Waals surface area contributed by atoms with E-state index in [1.54, 1.807) is 7.11 Å². The number of carbonyl (C=O) groups is 1. The predicted octanol–water partition coefficient (Wildman–Crippen LogP) is 3.54. The van der Waals surface area contributed by atoms with Gasteiger partial charge in [0.15, 0.2) is 0 Å². The van der Waals surface area contributed by atoms with Crippen LogP contribution in [-0.2, 0) is 12.8 Å². The van der Waals surface area contributed by atoms with Crippen molar-refractivity contribution in [3.63, 3.8) is 0 Å². The first kappa shape index (κ1) is 17.3. The number of halogens is 1. The number of hydrogen-bond donors (Lipinski definition) is 2. The molecule has 0 bridgehead atoms. The van der Waals surface area contributed by atoms with Crippen LogP contribution in [0.1, 0.15) is 11.1 Å². The zero-order valence-electron chi connectivity index (χ0n) is 13.1. The number of urea groups is 1. The summed E-state index contributed by atoms with van der Waals surface area (Å²) >= 11 is 3.41. The summed E-state index contributed by atoms with van der Waals surface area (Å²) in [6, 6.07) is 15.8. The zero-order valence-corrected chi connectivity index (χ0v) is 14.7. The topological polar surface area (TPSA) is 50.4 Å². The molecule has 0 aliphatic rings. The summed E-state index contributed by atoms with van der Waals surface area (Å²) < 4.78 is 6.24. The quantitative estimate of drug-likeness (QED) is 0.776. The van der Waals surface area contributed by atoms with Crippen molar-refractivity contribution >= 4 is 22.0 Å². The predicted molar refractivity (Wildman–Crippen MR) is 95.9 cm³/mol. The van der Waals surface area contributed by atoms with E-state index in [9.17, 15) is 4.79 Å². The Labute approximate surface area is 145 Å². The second-order valence-corrected chi connectivity index (χ2v) is 6.08. The first-order valence-electron chi connectivity index (χ1n) is 7.56. The van der Waals surface area contributed by atoms with E-state index in [-0.39, 0.29) is 6.03 Å². The average molecular weight is 377 g/mol. The summed E-state index contributed by atoms with van der Waals surface area (Å²) in [6.45, 7) is 1.21. The summed E-state index contributed by atoms with van der Waals surface area (Å²) in [5.74, 6) is 0.835. The van der Waals surface area contributed by atoms with Crippen molar-refractivity contribution in [1.29, 1.82) is 0 Å². The van der Waals surface area contributed by atoms with Gasteiger partial charge in [0.25, 0.3) is 0 Å². The van der Waals surface area contributed by atoms with E-state index in [4.69, 9.17) is 4.74 Å². The van der Waals surface area contributed by atoms with E-state index in [1.165, 1.54) is 5.56 Å². The van der Waals surface area contributed by atoms with Gasteiger partial charge in [0.05, 0.1) is 7.11 Å². The molecule has 0 atom stereocenters. The van der Waals surface area contributed by atoms with Crippen molar-refractivity contribution in [2.45, 2.75) is 12.8 Å². The van der Waals surface area contributed by atoms with Gasteiger partial charge in [0.1, 0.15) is 5.75 Å². The molecule has 23 heavy (non-hydrogen) atoms. The summed E-state index contributed by atoms with van der Waals surface area (Å²) in [6.07, 6.45) is 1.59. The maximum atomic E-state index is 11.7. The van der Waals surface area contributed by atoms with Gasteiger partial charge in [-0.2, -0.15) is 0 Å². The number of nitrogens with one attached hydrogen (secondary N) is 2. The lowest BCUT2D eigenvalue weighted by Gasteiger charge is -2.08. The van der Waals surface area contributed by atoms with E-state index in [0.717, 1.165) is 28.6 Å². The number of amides is 2. The molecular formula is C18H21BrN2O2. The van der Waals surface area contributed by atoms with Crippen LogP contribution in [0, 0.1) is 0 Å². The van der Waals surface area contributed by atoms with E-state index in [0.29, 0.717) is 13.1 Å². The largest absolute Gasteiger partial charge is 0.497 e. The molecule has 0 aliphatic carbocycles. The van der Waals surface area contributed by atoms with Crippen LogP contribution in [0.25, 0.3) is 0 Å². The Hall–Kier alpha value is -2.01. The molecule has 2 N–H and O–H groups in total. The molecular weight excluding hydrogens is 356 g/mol. The zero-order chi connectivity index (χ0) is 16.5. The lowest BCUT2D eigenvalue weighted by atomic mass is 10.1. The van der Waals surface area contributed by atoms with Crippen LogP contribution in [0.3, 0.4) is 0 Å². The van der Waals surface area contributed by atoms with Gasteiger partial charge in [0, 0.05) is 17.6 Å². The second kappa shape index (κ2) is 9.20. The summed E-state index contributed by atoms with van der Waals surface area (Å²) in [5, 5.41) is 5.73. The minimum absolute atomic E-state index is 0.134. The van der Waals surface area contributed by atoms with Crippen LogP contribution in [0.15, 0.2) is 53.0 Å². The highest BCUT2D eigenvalue weighted by atomic mass is 79.9. The maximum Gasteiger partial charge on any atom is 0.314 e. The summed E-state index contributed by atoms with van der Waals surface area (Å²) in [5.41, 5.74) is 2.34. The molecule has 122 valence electrons. The third-order valence-electron chi connectivity index (χ3n) is 3.45. The number of rotatable bonds is 7. The van der Waals surface area contributed by atoms with Crippen molar-refractivity contribution < 1.29 is 9.53 Å². The third kappa shape index (κ3) is 6.32. The van der Waals surface area contributed by atoms with Crippen LogP contribution in [0.5, 0.6) is 5.75 Å². The smallest absolute Gasteiger partial charge is 0.314 e. The van der Waals surface area contributed by atoms with E-state index >= 15 is 0 Å². The van der Waals surface area contributed by atoms with Crippen molar-refractivity contribution in [1.82, 2.24) is 10.6 Å². The number of benzene rings is 2. The van der Waals surface area contributed by atoms with E-state index < -0.39 is 0 Å². The highest BCUT2D eigenvalue weighted by molar-refractivity contribution is 9.10. The van der Waals surface area contributed by atoms with Gasteiger partial charge in [-0.25, -0.2) is 4.79 Å². The Kier molecular flexibility index (Phi) is 6.94. The van der Waals surface area contributed by atoms with Crippen molar-refractivity contribution in [2.24, 2.45) is 0 Å². The normalized spacial score (nSPS) is 10.2. The van der Waals surface area contributed by atoms with Crippen LogP contribution in [0.2, 0.25) is 0 Å². The molecule has 0 radical (unpaired) electrons. The molecule has 0 unspecified atom stereocenters. The van der Waals surface area contributed by atoms with E-state index in [2.05, 4.69) is 26.6 Å². The molecule has 0 saturated heterocycles. The fraction of sp³-hybridized carbons (Fsp3) is 0.278. The van der Waals surface area contributed by atoms with Crippen molar-refractivity contribution in [2.75, 3.05) is 20.2 Å². The molecule has 2 amide bonds. The molecule has 5 heteroatoms. The van der Waals surface area contributed by atoms with Gasteiger partial charge in [-0.1, -0.05) is 40.2 Å². The maximum absolute atomic E-state index is 11.7. The molecule has 0 heterocycles. The van der Waals surface area contributed by atoms with Crippen molar-refractivity contribution in [3.05, 3.63) is 64.1 Å². The minimum Gasteiger partial charge on any atom is -0.497 e. The van der Waals surface area contributed by atoms with Gasteiger partial charge in [-0.15, -0.1) is 0 Å². The number of carbonyl (C=O) groups excluding carboxylic acids is 1. The van der Waals surface area contributed by atoms with Gasteiger partial charge in [-0.05, 0) is 48.2 Å². The monoisotopic (exact) mass is 376 g/mol. The number of hydrogen-bond acceptors (Lipinski definition) is 2. The molecule has 0 aromatic heterocycles. The van der Waals surface area contributed by atoms with Crippen molar-refractivity contribution in [3.8, 4) is 5.75 Å². The Bertz CT molecular complexity index is 629. The van der Waals surface area contributed by atoms with Gasteiger partial charge in [-0.3, -0.25) is 0 Å². The number of methoxy groups -OCH3 is 1. The molecule has 0 aliphatic heterocycles. The fourth-order valence-corrected chi connectivity index (χ4v) is 2.45. The van der Waals surface area contributed by atoms with Crippen LogP contribution >= 0.6 is 15.9 Å². The Morgan fingerprint density at radius 3 is 2.30 bits per heavy atom. The lowest BCUT2D eigenvalue weighted by molar-refractivity contribution is 0.241. The fourth-order valence-electron chi connectivity index (χ4n) is 2.18. The molecule has 2 rings (SSSR count). The van der Waals surface area contributed by atoms with Gasteiger partial charge >= 0.3 is 6.03 Å². The lowest BCUT2D eigenvalue weighted by Crippen LogP contribution is -2.37. The van der Waals surface area contributed by atoms with Gasteiger partial charge in [0.2, 0.25) is 0 Å². The van der Waals surface area contributed by atoms with Crippen LogP contribution < -0.4 is 15.4 Å². The Balaban J connectivity index is 1.64.